The van der Waals surface area contributed by atoms with Gasteiger partial charge in [-0.3, -0.25) is 4.98 Å². The molecule has 0 saturated carbocycles. The number of aromatic nitrogens is 1. The Hall–Kier alpha value is -2.15. The van der Waals surface area contributed by atoms with E-state index >= 15 is 0 Å². The second-order valence-electron chi connectivity index (χ2n) is 10.2. The van der Waals surface area contributed by atoms with Gasteiger partial charge in [-0.15, -0.1) is 0 Å². The minimum absolute atomic E-state index is 0.100. The van der Waals surface area contributed by atoms with E-state index in [-0.39, 0.29) is 10.8 Å². The largest absolute Gasteiger partial charge is 0.256 e. The maximum atomic E-state index is 4.79. The summed E-state index contributed by atoms with van der Waals surface area (Å²) in [5.74, 6) is 0.617. The SMILES string of the molecule is CC(C)(C)c1cccc2c(CC(C)(C)C3CCCc4ccccc43)ccnc12. The van der Waals surface area contributed by atoms with Crippen LogP contribution >= 0.6 is 0 Å². The van der Waals surface area contributed by atoms with Gasteiger partial charge in [-0.1, -0.05) is 77.1 Å². The lowest BCUT2D eigenvalue weighted by Crippen LogP contribution is -2.28. The van der Waals surface area contributed by atoms with Crippen LogP contribution in [0.25, 0.3) is 10.9 Å². The number of hydrogen-bond acceptors (Lipinski definition) is 1. The van der Waals surface area contributed by atoms with E-state index in [4.69, 9.17) is 4.98 Å². The summed E-state index contributed by atoms with van der Waals surface area (Å²) in [4.78, 5) is 4.79. The molecule has 0 saturated heterocycles. The quantitative estimate of drug-likeness (QED) is 0.473. The molecule has 1 heteroatoms. The fourth-order valence-electron chi connectivity index (χ4n) is 5.17. The summed E-state index contributed by atoms with van der Waals surface area (Å²) in [5.41, 5.74) is 7.39. The molecule has 1 atom stereocenters. The lowest BCUT2D eigenvalue weighted by molar-refractivity contribution is 0.257. The maximum absolute atomic E-state index is 4.79. The molecule has 0 amide bonds. The van der Waals surface area contributed by atoms with Crippen molar-refractivity contribution in [1.29, 1.82) is 0 Å². The molecule has 1 aromatic heterocycles. The van der Waals surface area contributed by atoms with Crippen molar-refractivity contribution in [2.45, 2.75) is 71.6 Å². The Bertz CT molecular complexity index is 991. The van der Waals surface area contributed by atoms with Gasteiger partial charge in [-0.2, -0.15) is 0 Å². The molecule has 2 aromatic carbocycles. The predicted octanol–water partition coefficient (Wildman–Crippen LogP) is 7.22. The third-order valence-electron chi connectivity index (χ3n) is 6.63. The average Bonchev–Trinajstić information content (AvgIpc) is 2.66. The highest BCUT2D eigenvalue weighted by atomic mass is 14.7. The molecule has 146 valence electrons. The number of hydrogen-bond donors (Lipinski definition) is 0. The van der Waals surface area contributed by atoms with E-state index in [2.05, 4.69) is 83.1 Å². The smallest absolute Gasteiger partial charge is 0.0742 e. The molecule has 0 aliphatic heterocycles. The Kier molecular flexibility index (Phi) is 4.81. The van der Waals surface area contributed by atoms with E-state index in [1.165, 1.54) is 41.3 Å². The molecule has 0 radical (unpaired) electrons. The van der Waals surface area contributed by atoms with Crippen LogP contribution in [-0.4, -0.2) is 4.98 Å². The summed E-state index contributed by atoms with van der Waals surface area (Å²) in [6, 6.07) is 18.0. The molecular weight excluding hydrogens is 338 g/mol. The average molecular weight is 372 g/mol. The Morgan fingerprint density at radius 1 is 0.929 bits per heavy atom. The van der Waals surface area contributed by atoms with E-state index in [9.17, 15) is 0 Å². The number of fused-ring (bicyclic) bond motifs is 2. The molecule has 28 heavy (non-hydrogen) atoms. The summed E-state index contributed by atoms with van der Waals surface area (Å²) in [7, 11) is 0. The molecular formula is C27H33N. The van der Waals surface area contributed by atoms with E-state index in [1.807, 2.05) is 6.20 Å². The lowest BCUT2D eigenvalue weighted by Gasteiger charge is -2.39. The Labute approximate surface area is 170 Å². The number of para-hydroxylation sites is 1. The molecule has 0 bridgehead atoms. The highest BCUT2D eigenvalue weighted by Gasteiger charge is 2.34. The summed E-state index contributed by atoms with van der Waals surface area (Å²) >= 11 is 0. The molecule has 3 aromatic rings. The van der Waals surface area contributed by atoms with Crippen LogP contribution in [0.5, 0.6) is 0 Å². The third-order valence-corrected chi connectivity index (χ3v) is 6.63. The number of rotatable bonds is 3. The number of benzene rings is 2. The van der Waals surface area contributed by atoms with Crippen LogP contribution in [-0.2, 0) is 18.3 Å². The normalized spacial score (nSPS) is 17.5. The number of aryl methyl sites for hydroxylation is 1. The topological polar surface area (TPSA) is 12.9 Å². The Morgan fingerprint density at radius 2 is 1.71 bits per heavy atom. The zero-order chi connectivity index (χ0) is 19.9. The predicted molar refractivity (Wildman–Crippen MR) is 120 cm³/mol. The highest BCUT2D eigenvalue weighted by molar-refractivity contribution is 5.85. The van der Waals surface area contributed by atoms with Crippen LogP contribution in [0.2, 0.25) is 0 Å². The Morgan fingerprint density at radius 3 is 2.50 bits per heavy atom. The van der Waals surface area contributed by atoms with Crippen molar-refractivity contribution in [1.82, 2.24) is 4.98 Å². The van der Waals surface area contributed by atoms with E-state index in [0.29, 0.717) is 5.92 Å². The number of pyridine rings is 1. The van der Waals surface area contributed by atoms with Crippen molar-refractivity contribution in [3.63, 3.8) is 0 Å². The van der Waals surface area contributed by atoms with Gasteiger partial charge < -0.3 is 0 Å². The molecule has 1 aliphatic rings. The molecule has 0 N–H and O–H groups in total. The minimum Gasteiger partial charge on any atom is -0.256 e. The second kappa shape index (κ2) is 7.03. The van der Waals surface area contributed by atoms with E-state index < -0.39 is 0 Å². The lowest BCUT2D eigenvalue weighted by atomic mass is 9.66. The fourth-order valence-corrected chi connectivity index (χ4v) is 5.17. The fraction of sp³-hybridized carbons (Fsp3) is 0.444. The zero-order valence-electron chi connectivity index (χ0n) is 18.0. The molecule has 1 aliphatic carbocycles. The molecule has 4 rings (SSSR count). The van der Waals surface area contributed by atoms with E-state index in [1.54, 1.807) is 11.1 Å². The molecule has 1 heterocycles. The van der Waals surface area contributed by atoms with Crippen molar-refractivity contribution in [3.05, 3.63) is 77.0 Å². The van der Waals surface area contributed by atoms with Crippen molar-refractivity contribution in [2.75, 3.05) is 0 Å². The van der Waals surface area contributed by atoms with Gasteiger partial charge in [-0.05, 0) is 70.8 Å². The van der Waals surface area contributed by atoms with E-state index in [0.717, 1.165) is 6.42 Å². The molecule has 0 fully saturated rings. The first-order valence-electron chi connectivity index (χ1n) is 10.7. The summed E-state index contributed by atoms with van der Waals surface area (Å²) in [6.07, 6.45) is 6.92. The third kappa shape index (κ3) is 3.48. The summed E-state index contributed by atoms with van der Waals surface area (Å²) in [5, 5.41) is 1.33. The highest BCUT2D eigenvalue weighted by Crippen LogP contribution is 2.46. The van der Waals surface area contributed by atoms with Crippen LogP contribution < -0.4 is 0 Å². The first-order valence-corrected chi connectivity index (χ1v) is 10.7. The van der Waals surface area contributed by atoms with Gasteiger partial charge in [0, 0.05) is 11.6 Å². The number of nitrogens with zero attached hydrogens (tertiary/aromatic N) is 1. The molecule has 0 spiro atoms. The van der Waals surface area contributed by atoms with Crippen LogP contribution in [0.15, 0.2) is 54.7 Å². The van der Waals surface area contributed by atoms with Crippen molar-refractivity contribution < 1.29 is 0 Å². The van der Waals surface area contributed by atoms with Gasteiger partial charge >= 0.3 is 0 Å². The van der Waals surface area contributed by atoms with Crippen LogP contribution in [0.1, 0.15) is 75.6 Å². The molecule has 1 unspecified atom stereocenters. The molecule has 1 nitrogen and oxygen atoms in total. The van der Waals surface area contributed by atoms with Crippen molar-refractivity contribution in [2.24, 2.45) is 5.41 Å². The first-order chi connectivity index (χ1) is 13.3. The van der Waals surface area contributed by atoms with Gasteiger partial charge in [0.15, 0.2) is 0 Å². The monoisotopic (exact) mass is 371 g/mol. The van der Waals surface area contributed by atoms with Gasteiger partial charge in [0.05, 0.1) is 5.52 Å². The van der Waals surface area contributed by atoms with Gasteiger partial charge in [-0.25, -0.2) is 0 Å². The Balaban J connectivity index is 1.74. The summed E-state index contributed by atoms with van der Waals surface area (Å²) in [6.45, 7) is 11.7. The van der Waals surface area contributed by atoms with Crippen molar-refractivity contribution >= 4 is 10.9 Å². The zero-order valence-corrected chi connectivity index (χ0v) is 18.0. The van der Waals surface area contributed by atoms with Gasteiger partial charge in [0.1, 0.15) is 0 Å². The second-order valence-corrected chi connectivity index (χ2v) is 10.2. The standard InChI is InChI=1S/C27H33N/c1-26(2,3)24-15-9-13-22-20(16-17-28-25(22)24)18-27(4,5)23-14-8-11-19-10-6-7-12-21(19)23/h6-7,9-10,12-13,15-17,23H,8,11,14,18H2,1-5H3. The van der Waals surface area contributed by atoms with Crippen molar-refractivity contribution in [3.8, 4) is 0 Å². The van der Waals surface area contributed by atoms with Gasteiger partial charge in [0.2, 0.25) is 0 Å². The first kappa shape index (κ1) is 19.2. The van der Waals surface area contributed by atoms with Crippen LogP contribution in [0.4, 0.5) is 0 Å². The van der Waals surface area contributed by atoms with Crippen LogP contribution in [0.3, 0.4) is 0 Å². The maximum Gasteiger partial charge on any atom is 0.0742 e. The minimum atomic E-state index is 0.100. The van der Waals surface area contributed by atoms with Gasteiger partial charge in [0.25, 0.3) is 0 Å². The summed E-state index contributed by atoms with van der Waals surface area (Å²) < 4.78 is 0. The van der Waals surface area contributed by atoms with Crippen LogP contribution in [0, 0.1) is 5.41 Å².